The molecule has 0 spiro atoms. The number of anilines is 1. The number of nitrogens with zero attached hydrogens (tertiary/aromatic N) is 4. The van der Waals surface area contributed by atoms with E-state index in [4.69, 9.17) is 9.47 Å². The predicted molar refractivity (Wildman–Crippen MR) is 137 cm³/mol. The van der Waals surface area contributed by atoms with Gasteiger partial charge in [-0.05, 0) is 49.1 Å². The molecule has 3 aliphatic rings. The Labute approximate surface area is 209 Å². The SMILES string of the molecule is CN(C(=O)C1CCCCC1)[C@H](Cc1ccncc1)CN1CCN(c2cccc3c2OCCO3)CC1. The summed E-state index contributed by atoms with van der Waals surface area (Å²) in [6.45, 7) is 5.88. The van der Waals surface area contributed by atoms with E-state index in [0.29, 0.717) is 19.1 Å². The van der Waals surface area contributed by atoms with Gasteiger partial charge in [-0.25, -0.2) is 0 Å². The van der Waals surface area contributed by atoms with Crippen LogP contribution >= 0.6 is 0 Å². The third-order valence-electron chi connectivity index (χ3n) is 7.80. The van der Waals surface area contributed by atoms with Crippen molar-refractivity contribution in [2.24, 2.45) is 5.92 Å². The van der Waals surface area contributed by atoms with Gasteiger partial charge >= 0.3 is 0 Å². The maximum absolute atomic E-state index is 13.4. The Bertz CT molecular complexity index is 971. The largest absolute Gasteiger partial charge is 0.486 e. The lowest BCUT2D eigenvalue weighted by molar-refractivity contribution is -0.137. The molecule has 1 atom stereocenters. The first-order valence-electron chi connectivity index (χ1n) is 13.2. The number of aromatic nitrogens is 1. The Morgan fingerprint density at radius 2 is 1.77 bits per heavy atom. The number of ether oxygens (including phenoxy) is 2. The fourth-order valence-corrected chi connectivity index (χ4v) is 5.71. The summed E-state index contributed by atoms with van der Waals surface area (Å²) in [7, 11) is 2.02. The van der Waals surface area contributed by atoms with E-state index in [1.165, 1.54) is 24.8 Å². The quantitative estimate of drug-likeness (QED) is 0.606. The molecule has 3 heterocycles. The maximum Gasteiger partial charge on any atom is 0.225 e. The topological polar surface area (TPSA) is 58.1 Å². The summed E-state index contributed by atoms with van der Waals surface area (Å²) < 4.78 is 11.7. The minimum Gasteiger partial charge on any atom is -0.486 e. The van der Waals surface area contributed by atoms with Crippen LogP contribution in [-0.4, -0.2) is 79.7 Å². The number of piperazine rings is 1. The highest BCUT2D eigenvalue weighted by atomic mass is 16.6. The van der Waals surface area contributed by atoms with Gasteiger partial charge in [-0.15, -0.1) is 0 Å². The molecule has 1 saturated heterocycles. The number of fused-ring (bicyclic) bond motifs is 1. The molecule has 7 heteroatoms. The third kappa shape index (κ3) is 5.72. The van der Waals surface area contributed by atoms with E-state index < -0.39 is 0 Å². The van der Waals surface area contributed by atoms with E-state index in [1.807, 2.05) is 31.6 Å². The molecule has 1 aromatic carbocycles. The van der Waals surface area contributed by atoms with Gasteiger partial charge in [0.1, 0.15) is 13.2 Å². The lowest BCUT2D eigenvalue weighted by atomic mass is 9.88. The van der Waals surface area contributed by atoms with Crippen molar-refractivity contribution in [1.82, 2.24) is 14.8 Å². The molecule has 7 nitrogen and oxygen atoms in total. The van der Waals surface area contributed by atoms with Crippen LogP contribution in [0.5, 0.6) is 11.5 Å². The van der Waals surface area contributed by atoms with Crippen LogP contribution in [0.1, 0.15) is 37.7 Å². The van der Waals surface area contributed by atoms with Crippen molar-refractivity contribution in [2.45, 2.75) is 44.6 Å². The number of para-hydroxylation sites is 1. The number of likely N-dealkylation sites (N-methyl/N-ethyl adjacent to an activating group) is 1. The summed E-state index contributed by atoms with van der Waals surface area (Å²) in [4.78, 5) is 24.6. The summed E-state index contributed by atoms with van der Waals surface area (Å²) >= 11 is 0. The highest BCUT2D eigenvalue weighted by molar-refractivity contribution is 5.79. The lowest BCUT2D eigenvalue weighted by Crippen LogP contribution is -2.53. The van der Waals surface area contributed by atoms with Gasteiger partial charge in [0, 0.05) is 64.1 Å². The first-order chi connectivity index (χ1) is 17.2. The second kappa shape index (κ2) is 11.3. The average Bonchev–Trinajstić information content (AvgIpc) is 2.93. The van der Waals surface area contributed by atoms with Crippen LogP contribution in [0.25, 0.3) is 0 Å². The van der Waals surface area contributed by atoms with Crippen LogP contribution < -0.4 is 14.4 Å². The second-order valence-corrected chi connectivity index (χ2v) is 10.1. The molecule has 2 aromatic rings. The number of benzene rings is 1. The van der Waals surface area contributed by atoms with Crippen molar-refractivity contribution < 1.29 is 14.3 Å². The zero-order chi connectivity index (χ0) is 24.0. The van der Waals surface area contributed by atoms with Crippen LogP contribution in [0.4, 0.5) is 5.69 Å². The van der Waals surface area contributed by atoms with Gasteiger partial charge in [0.05, 0.1) is 5.69 Å². The molecule has 0 unspecified atom stereocenters. The zero-order valence-corrected chi connectivity index (χ0v) is 20.9. The molecule has 2 fully saturated rings. The van der Waals surface area contributed by atoms with Crippen LogP contribution in [0.2, 0.25) is 0 Å². The van der Waals surface area contributed by atoms with Gasteiger partial charge in [-0.1, -0.05) is 25.3 Å². The summed E-state index contributed by atoms with van der Waals surface area (Å²) in [5.41, 5.74) is 2.36. The number of amides is 1. The first-order valence-corrected chi connectivity index (χ1v) is 13.2. The van der Waals surface area contributed by atoms with Crippen molar-refractivity contribution in [1.29, 1.82) is 0 Å². The Hall–Kier alpha value is -2.80. The number of carbonyl (C=O) groups is 1. The smallest absolute Gasteiger partial charge is 0.225 e. The molecule has 0 bridgehead atoms. The van der Waals surface area contributed by atoms with E-state index >= 15 is 0 Å². The van der Waals surface area contributed by atoms with E-state index in [2.05, 4.69) is 37.9 Å². The van der Waals surface area contributed by atoms with Crippen molar-refractivity contribution in [2.75, 3.05) is 57.9 Å². The first kappa shape index (κ1) is 23.9. The third-order valence-corrected chi connectivity index (χ3v) is 7.80. The van der Waals surface area contributed by atoms with E-state index in [1.54, 1.807) is 0 Å². The molecular formula is C28H38N4O3. The van der Waals surface area contributed by atoms with Gasteiger partial charge in [-0.3, -0.25) is 14.7 Å². The second-order valence-electron chi connectivity index (χ2n) is 10.1. The molecule has 1 amide bonds. The van der Waals surface area contributed by atoms with Crippen molar-refractivity contribution in [3.63, 3.8) is 0 Å². The molecule has 0 radical (unpaired) electrons. The molecule has 5 rings (SSSR count). The monoisotopic (exact) mass is 478 g/mol. The van der Waals surface area contributed by atoms with E-state index in [9.17, 15) is 4.79 Å². The maximum atomic E-state index is 13.4. The van der Waals surface area contributed by atoms with E-state index in [0.717, 1.165) is 69.2 Å². The Balaban J connectivity index is 1.24. The Morgan fingerprint density at radius 3 is 2.54 bits per heavy atom. The van der Waals surface area contributed by atoms with Gasteiger partial charge < -0.3 is 19.3 Å². The number of hydrogen-bond donors (Lipinski definition) is 0. The summed E-state index contributed by atoms with van der Waals surface area (Å²) in [5.74, 6) is 2.24. The average molecular weight is 479 g/mol. The fraction of sp³-hybridized carbons (Fsp3) is 0.571. The van der Waals surface area contributed by atoms with Crippen molar-refractivity contribution >= 4 is 11.6 Å². The Kier molecular flexibility index (Phi) is 7.72. The molecule has 188 valence electrons. The summed E-state index contributed by atoms with van der Waals surface area (Å²) in [6.07, 6.45) is 10.3. The standard InChI is InChI=1S/C28H38N4O3/c1-30(28(33)23-6-3-2-4-7-23)24(20-22-10-12-29-13-11-22)21-31-14-16-32(17-15-31)25-8-5-9-26-27(25)35-19-18-34-26/h5,8-13,23-24H,2-4,6-7,14-21H2,1H3/t24-/m1/s1. The highest BCUT2D eigenvalue weighted by Gasteiger charge is 2.31. The van der Waals surface area contributed by atoms with Gasteiger partial charge in [0.25, 0.3) is 0 Å². The normalized spacial score (nSPS) is 19.9. The molecule has 1 aromatic heterocycles. The Morgan fingerprint density at radius 1 is 1.03 bits per heavy atom. The molecule has 0 N–H and O–H groups in total. The van der Waals surface area contributed by atoms with Crippen molar-refractivity contribution in [3.8, 4) is 11.5 Å². The van der Waals surface area contributed by atoms with Crippen molar-refractivity contribution in [3.05, 3.63) is 48.3 Å². The minimum absolute atomic E-state index is 0.152. The highest BCUT2D eigenvalue weighted by Crippen LogP contribution is 2.39. The van der Waals surface area contributed by atoms with Gasteiger partial charge in [0.2, 0.25) is 5.91 Å². The number of hydrogen-bond acceptors (Lipinski definition) is 6. The molecule has 35 heavy (non-hydrogen) atoms. The molecule has 1 saturated carbocycles. The number of pyridine rings is 1. The lowest BCUT2D eigenvalue weighted by Gasteiger charge is -2.41. The van der Waals surface area contributed by atoms with Crippen LogP contribution in [0.3, 0.4) is 0 Å². The van der Waals surface area contributed by atoms with Crippen LogP contribution in [0, 0.1) is 5.92 Å². The molecular weight excluding hydrogens is 440 g/mol. The fourth-order valence-electron chi connectivity index (χ4n) is 5.71. The number of rotatable bonds is 7. The zero-order valence-electron chi connectivity index (χ0n) is 20.9. The van der Waals surface area contributed by atoms with Gasteiger partial charge in [-0.2, -0.15) is 0 Å². The van der Waals surface area contributed by atoms with E-state index in [-0.39, 0.29) is 12.0 Å². The van der Waals surface area contributed by atoms with Crippen LogP contribution in [0.15, 0.2) is 42.7 Å². The van der Waals surface area contributed by atoms with Crippen LogP contribution in [-0.2, 0) is 11.2 Å². The van der Waals surface area contributed by atoms with Gasteiger partial charge in [0.15, 0.2) is 11.5 Å². The number of carbonyl (C=O) groups excluding carboxylic acids is 1. The molecule has 2 aliphatic heterocycles. The minimum atomic E-state index is 0.152. The summed E-state index contributed by atoms with van der Waals surface area (Å²) in [5, 5.41) is 0. The predicted octanol–water partition coefficient (Wildman–Crippen LogP) is 3.62. The molecule has 1 aliphatic carbocycles. The summed E-state index contributed by atoms with van der Waals surface area (Å²) in [6, 6.07) is 10.5.